The molecule has 4 heteroatoms. The van der Waals surface area contributed by atoms with Crippen LogP contribution >= 0.6 is 0 Å². The molecule has 0 unspecified atom stereocenters. The van der Waals surface area contributed by atoms with E-state index in [2.05, 4.69) is 0 Å². The van der Waals surface area contributed by atoms with E-state index in [1.54, 1.807) is 20.4 Å². The standard InChI is InChI=1S/C16H17NO3/c1-19-15-8-6-13(7-9-15)11-17(18)12-14-4-3-5-16(10-14)20-2/h3-10,12H,11H2,1-2H3/b17-12-. The fourth-order valence-electron chi connectivity index (χ4n) is 1.84. The van der Waals surface area contributed by atoms with Crippen molar-refractivity contribution in [3.05, 3.63) is 64.9 Å². The summed E-state index contributed by atoms with van der Waals surface area (Å²) in [6, 6.07) is 14.8. The maximum absolute atomic E-state index is 11.9. The van der Waals surface area contributed by atoms with Gasteiger partial charge in [0.05, 0.1) is 14.2 Å². The van der Waals surface area contributed by atoms with E-state index >= 15 is 0 Å². The van der Waals surface area contributed by atoms with Crippen LogP contribution in [0.4, 0.5) is 0 Å². The van der Waals surface area contributed by atoms with Crippen molar-refractivity contribution < 1.29 is 14.2 Å². The number of hydroxylamine groups is 1. The Labute approximate surface area is 118 Å². The molecule has 2 aromatic carbocycles. The highest BCUT2D eigenvalue weighted by Gasteiger charge is 2.01. The zero-order valence-corrected chi connectivity index (χ0v) is 11.6. The SMILES string of the molecule is COc1ccc(C/[N+]([O-])=C/c2cccc(OC)c2)cc1. The molecule has 0 atom stereocenters. The molecular weight excluding hydrogens is 254 g/mol. The third-order valence-electron chi connectivity index (χ3n) is 2.88. The molecule has 4 nitrogen and oxygen atoms in total. The summed E-state index contributed by atoms with van der Waals surface area (Å²) >= 11 is 0. The van der Waals surface area contributed by atoms with Gasteiger partial charge in [0.15, 0.2) is 12.8 Å². The molecule has 0 spiro atoms. The van der Waals surface area contributed by atoms with E-state index in [1.165, 1.54) is 0 Å². The van der Waals surface area contributed by atoms with E-state index in [4.69, 9.17) is 9.47 Å². The van der Waals surface area contributed by atoms with Gasteiger partial charge in [0, 0.05) is 11.1 Å². The highest BCUT2D eigenvalue weighted by Crippen LogP contribution is 2.13. The quantitative estimate of drug-likeness (QED) is 0.363. The normalized spacial score (nSPS) is 11.2. The molecule has 0 saturated carbocycles. The maximum Gasteiger partial charge on any atom is 0.182 e. The molecule has 0 fully saturated rings. The summed E-state index contributed by atoms with van der Waals surface area (Å²) in [6.07, 6.45) is 1.55. The molecule has 0 radical (unpaired) electrons. The van der Waals surface area contributed by atoms with Crippen molar-refractivity contribution in [2.24, 2.45) is 0 Å². The lowest BCUT2D eigenvalue weighted by Gasteiger charge is -2.06. The predicted octanol–water partition coefficient (Wildman–Crippen LogP) is 2.83. The maximum atomic E-state index is 11.9. The van der Waals surface area contributed by atoms with E-state index in [0.717, 1.165) is 27.4 Å². The van der Waals surface area contributed by atoms with E-state index in [9.17, 15) is 5.21 Å². The first-order chi connectivity index (χ1) is 9.71. The van der Waals surface area contributed by atoms with Crippen LogP contribution in [0, 0.1) is 5.21 Å². The minimum atomic E-state index is 0.293. The van der Waals surface area contributed by atoms with Gasteiger partial charge in [-0.2, -0.15) is 0 Å². The average Bonchev–Trinajstić information content (AvgIpc) is 2.48. The lowest BCUT2D eigenvalue weighted by molar-refractivity contribution is -0.469. The Morgan fingerprint density at radius 3 is 2.35 bits per heavy atom. The van der Waals surface area contributed by atoms with Crippen LogP contribution in [0.3, 0.4) is 0 Å². The predicted molar refractivity (Wildman–Crippen MR) is 78.5 cm³/mol. The van der Waals surface area contributed by atoms with Gasteiger partial charge in [-0.05, 0) is 42.5 Å². The molecule has 0 aliphatic rings. The van der Waals surface area contributed by atoms with Gasteiger partial charge in [0.25, 0.3) is 0 Å². The van der Waals surface area contributed by atoms with Crippen LogP contribution in [0.25, 0.3) is 0 Å². The molecule has 0 N–H and O–H groups in total. The number of nitrogens with zero attached hydrogens (tertiary/aromatic N) is 1. The highest BCUT2D eigenvalue weighted by atomic mass is 16.5. The van der Waals surface area contributed by atoms with Gasteiger partial charge in [-0.15, -0.1) is 0 Å². The number of rotatable bonds is 5. The van der Waals surface area contributed by atoms with Gasteiger partial charge in [-0.1, -0.05) is 6.07 Å². The monoisotopic (exact) mass is 271 g/mol. The first-order valence-corrected chi connectivity index (χ1v) is 6.27. The van der Waals surface area contributed by atoms with E-state index < -0.39 is 0 Å². The fraction of sp³-hybridized carbons (Fsp3) is 0.188. The van der Waals surface area contributed by atoms with E-state index in [0.29, 0.717) is 6.54 Å². The molecule has 0 amide bonds. The Hall–Kier alpha value is -2.49. The Bertz CT molecular complexity index is 591. The molecule has 0 aliphatic heterocycles. The summed E-state index contributed by atoms with van der Waals surface area (Å²) in [6.45, 7) is 0.293. The molecule has 2 aromatic rings. The molecule has 0 bridgehead atoms. The van der Waals surface area contributed by atoms with Gasteiger partial charge < -0.3 is 14.7 Å². The van der Waals surface area contributed by atoms with Gasteiger partial charge in [-0.3, -0.25) is 0 Å². The van der Waals surface area contributed by atoms with Gasteiger partial charge in [-0.25, -0.2) is 4.74 Å². The Morgan fingerprint density at radius 2 is 1.70 bits per heavy atom. The van der Waals surface area contributed by atoms with Crippen molar-refractivity contribution in [2.45, 2.75) is 6.54 Å². The van der Waals surface area contributed by atoms with Crippen LogP contribution in [0.1, 0.15) is 11.1 Å². The minimum absolute atomic E-state index is 0.293. The Morgan fingerprint density at radius 1 is 1.00 bits per heavy atom. The van der Waals surface area contributed by atoms with Crippen LogP contribution in [0.5, 0.6) is 11.5 Å². The summed E-state index contributed by atoms with van der Waals surface area (Å²) in [7, 11) is 3.22. The first-order valence-electron chi connectivity index (χ1n) is 6.27. The lowest BCUT2D eigenvalue weighted by atomic mass is 10.2. The molecule has 0 saturated heterocycles. The third-order valence-corrected chi connectivity index (χ3v) is 2.88. The number of methoxy groups -OCH3 is 2. The molecule has 0 aromatic heterocycles. The molecule has 0 heterocycles. The van der Waals surface area contributed by atoms with Crippen molar-refractivity contribution in [3.8, 4) is 11.5 Å². The van der Waals surface area contributed by atoms with Crippen molar-refractivity contribution in [3.63, 3.8) is 0 Å². The number of ether oxygens (including phenoxy) is 2. The Kier molecular flexibility index (Phi) is 4.60. The van der Waals surface area contributed by atoms with E-state index in [-0.39, 0.29) is 0 Å². The minimum Gasteiger partial charge on any atom is -0.624 e. The second-order valence-electron chi connectivity index (χ2n) is 4.33. The number of hydrogen-bond donors (Lipinski definition) is 0. The van der Waals surface area contributed by atoms with Crippen LogP contribution in [-0.2, 0) is 6.54 Å². The highest BCUT2D eigenvalue weighted by molar-refractivity contribution is 5.76. The summed E-state index contributed by atoms with van der Waals surface area (Å²) in [5.41, 5.74) is 1.74. The molecule has 104 valence electrons. The van der Waals surface area contributed by atoms with Crippen LogP contribution in [-0.4, -0.2) is 25.2 Å². The molecule has 2 rings (SSSR count). The topological polar surface area (TPSA) is 44.5 Å². The summed E-state index contributed by atoms with van der Waals surface area (Å²) in [4.78, 5) is 0. The zero-order chi connectivity index (χ0) is 14.4. The summed E-state index contributed by atoms with van der Waals surface area (Å²) in [5.74, 6) is 1.51. The second-order valence-corrected chi connectivity index (χ2v) is 4.33. The van der Waals surface area contributed by atoms with Gasteiger partial charge >= 0.3 is 0 Å². The average molecular weight is 271 g/mol. The van der Waals surface area contributed by atoms with Crippen LogP contribution < -0.4 is 9.47 Å². The van der Waals surface area contributed by atoms with Crippen LogP contribution in [0.2, 0.25) is 0 Å². The first kappa shape index (κ1) is 13.9. The van der Waals surface area contributed by atoms with Crippen molar-refractivity contribution in [2.75, 3.05) is 14.2 Å². The third kappa shape index (κ3) is 3.75. The smallest absolute Gasteiger partial charge is 0.182 e. The lowest BCUT2D eigenvalue weighted by Crippen LogP contribution is -2.05. The fourth-order valence-corrected chi connectivity index (χ4v) is 1.84. The second kappa shape index (κ2) is 6.61. The molecular formula is C16H17NO3. The number of hydrogen-bond acceptors (Lipinski definition) is 3. The summed E-state index contributed by atoms with van der Waals surface area (Å²) < 4.78 is 11.1. The van der Waals surface area contributed by atoms with Crippen molar-refractivity contribution in [1.82, 2.24) is 0 Å². The van der Waals surface area contributed by atoms with Crippen molar-refractivity contribution in [1.29, 1.82) is 0 Å². The number of benzene rings is 2. The largest absolute Gasteiger partial charge is 0.624 e. The zero-order valence-electron chi connectivity index (χ0n) is 11.6. The van der Waals surface area contributed by atoms with Crippen LogP contribution in [0.15, 0.2) is 48.5 Å². The Balaban J connectivity index is 2.09. The van der Waals surface area contributed by atoms with Crippen molar-refractivity contribution >= 4 is 6.21 Å². The van der Waals surface area contributed by atoms with Gasteiger partial charge in [0.1, 0.15) is 11.5 Å². The molecule has 0 aliphatic carbocycles. The van der Waals surface area contributed by atoms with Gasteiger partial charge in [0.2, 0.25) is 0 Å². The van der Waals surface area contributed by atoms with E-state index in [1.807, 2.05) is 48.5 Å². The molecule has 20 heavy (non-hydrogen) atoms. The summed E-state index contributed by atoms with van der Waals surface area (Å²) in [5, 5.41) is 11.9.